The fourth-order valence-electron chi connectivity index (χ4n) is 1.26. The van der Waals surface area contributed by atoms with Crippen molar-refractivity contribution in [2.45, 2.75) is 64.0 Å². The van der Waals surface area contributed by atoms with E-state index < -0.39 is 7.25 Å². The number of rotatable bonds is 6. The maximum Gasteiger partial charge on any atom is 0.673 e. The van der Waals surface area contributed by atoms with Crippen molar-refractivity contribution < 1.29 is 17.3 Å². The first-order valence-electron chi connectivity index (χ1n) is 5.74. The highest BCUT2D eigenvalue weighted by molar-refractivity contribution is 7.60. The summed E-state index contributed by atoms with van der Waals surface area (Å²) in [6.45, 7) is 6.82. The van der Waals surface area contributed by atoms with Gasteiger partial charge in [-0.3, -0.25) is 0 Å². The zero-order valence-electron chi connectivity index (χ0n) is 10.3. The lowest BCUT2D eigenvalue weighted by Crippen LogP contribution is -2.20. The Hall–Kier alpha value is 0.135. The van der Waals surface area contributed by atoms with E-state index in [4.69, 9.17) is 0 Å². The van der Waals surface area contributed by atoms with Crippen molar-refractivity contribution in [2.75, 3.05) is 0 Å². The first kappa shape index (κ1) is 18.5. The van der Waals surface area contributed by atoms with Crippen molar-refractivity contribution in [1.82, 2.24) is 0 Å². The van der Waals surface area contributed by atoms with Gasteiger partial charge in [-0.25, -0.2) is 0 Å². The van der Waals surface area contributed by atoms with Crippen molar-refractivity contribution in [2.24, 2.45) is 0 Å². The summed E-state index contributed by atoms with van der Waals surface area (Å²) in [4.78, 5) is 0. The first-order chi connectivity index (χ1) is 7.12. The maximum absolute atomic E-state index is 9.75. The molecule has 0 rings (SSSR count). The van der Waals surface area contributed by atoms with Gasteiger partial charge >= 0.3 is 7.25 Å². The highest BCUT2D eigenvalue weighted by Gasteiger charge is 2.23. The fraction of sp³-hybridized carbons (Fsp3) is 1.00. The van der Waals surface area contributed by atoms with Crippen LogP contribution in [0.25, 0.3) is 0 Å². The molecule has 16 heavy (non-hydrogen) atoms. The molecular weight excluding hydrogens is 239 g/mol. The molecule has 0 aliphatic carbocycles. The molecule has 0 spiro atoms. The van der Waals surface area contributed by atoms with Gasteiger partial charge in [-0.2, -0.15) is 0 Å². The van der Waals surface area contributed by atoms with E-state index in [0.29, 0.717) is 4.75 Å². The quantitative estimate of drug-likeness (QED) is 0.377. The second kappa shape index (κ2) is 9.19. The summed E-state index contributed by atoms with van der Waals surface area (Å²) in [7, 11) is -6.00. The van der Waals surface area contributed by atoms with Crippen LogP contribution in [0.5, 0.6) is 0 Å². The molecule has 0 nitrogen and oxygen atoms in total. The van der Waals surface area contributed by atoms with E-state index in [-0.39, 0.29) is 0 Å². The van der Waals surface area contributed by atoms with E-state index in [2.05, 4.69) is 33.4 Å². The minimum Gasteiger partial charge on any atom is -0.418 e. The van der Waals surface area contributed by atoms with Crippen LogP contribution in [-0.4, -0.2) is 12.0 Å². The maximum atomic E-state index is 9.75. The monoisotopic (exact) mass is 262 g/mol. The van der Waals surface area contributed by atoms with E-state index in [9.17, 15) is 17.3 Å². The Morgan fingerprint density at radius 2 is 1.19 bits per heavy atom. The Kier molecular flexibility index (Phi) is 10.6. The van der Waals surface area contributed by atoms with Crippen LogP contribution in [-0.2, 0) is 12.6 Å². The summed E-state index contributed by atoms with van der Waals surface area (Å²) in [5.74, 6) is 0. The van der Waals surface area contributed by atoms with Gasteiger partial charge in [0.1, 0.15) is 4.75 Å². The third-order valence-electron chi connectivity index (χ3n) is 2.16. The van der Waals surface area contributed by atoms with Crippen molar-refractivity contribution in [3.63, 3.8) is 0 Å². The van der Waals surface area contributed by atoms with Crippen molar-refractivity contribution in [3.8, 4) is 0 Å². The Balaban J connectivity index is 0. The Bertz CT molecular complexity index is 143. The van der Waals surface area contributed by atoms with E-state index in [0.717, 1.165) is 0 Å². The van der Waals surface area contributed by atoms with Gasteiger partial charge in [0.15, 0.2) is 0 Å². The lowest BCUT2D eigenvalue weighted by molar-refractivity contribution is 0.368. The van der Waals surface area contributed by atoms with Gasteiger partial charge in [-0.05, 0) is 45.2 Å². The number of hydrogen-bond donors (Lipinski definition) is 0. The van der Waals surface area contributed by atoms with Crippen molar-refractivity contribution in [3.05, 3.63) is 0 Å². The fourth-order valence-corrected chi connectivity index (χ4v) is 1.61. The lowest BCUT2D eigenvalue weighted by Gasteiger charge is -2.16. The Morgan fingerprint density at radius 1 is 0.938 bits per heavy atom. The Labute approximate surface area is 102 Å². The average molecular weight is 262 g/mol. The lowest BCUT2D eigenvalue weighted by atomic mass is 9.97. The molecule has 0 N–H and O–H groups in total. The molecule has 100 valence electrons. The molecule has 0 aliphatic rings. The molecule has 0 aromatic rings. The van der Waals surface area contributed by atoms with Crippen LogP contribution < -0.4 is 0 Å². The zero-order valence-corrected chi connectivity index (χ0v) is 11.3. The van der Waals surface area contributed by atoms with E-state index >= 15 is 0 Å². The van der Waals surface area contributed by atoms with Crippen LogP contribution in [0.3, 0.4) is 0 Å². The van der Waals surface area contributed by atoms with Crippen molar-refractivity contribution >= 4 is 19.9 Å². The summed E-state index contributed by atoms with van der Waals surface area (Å²) in [5, 5.41) is 0. The van der Waals surface area contributed by atoms with Crippen LogP contribution in [0.2, 0.25) is 0 Å². The molecule has 0 heterocycles. The largest absolute Gasteiger partial charge is 0.673 e. The van der Waals surface area contributed by atoms with Gasteiger partial charge in [-0.15, -0.1) is 0 Å². The molecule has 0 aromatic heterocycles. The summed E-state index contributed by atoms with van der Waals surface area (Å²) in [6.07, 6.45) is 7.96. The van der Waals surface area contributed by atoms with Gasteiger partial charge in [-0.1, -0.05) is 26.7 Å². The van der Waals surface area contributed by atoms with E-state index in [1.54, 1.807) is 0 Å². The van der Waals surface area contributed by atoms with E-state index in [1.807, 2.05) is 0 Å². The van der Waals surface area contributed by atoms with Gasteiger partial charge in [0.05, 0.1) is 0 Å². The van der Waals surface area contributed by atoms with Gasteiger partial charge < -0.3 is 17.3 Å². The normalized spacial score (nSPS) is 12.0. The second-order valence-electron chi connectivity index (χ2n) is 4.26. The second-order valence-corrected chi connectivity index (χ2v) is 5.47. The molecule has 0 atom stereocenters. The topological polar surface area (TPSA) is 0 Å². The number of unbranched alkanes of at least 4 members (excludes halogenated alkanes) is 2. The minimum absolute atomic E-state index is 0.409. The highest BCUT2D eigenvalue weighted by atomic mass is 32.1. The molecule has 0 unspecified atom stereocenters. The summed E-state index contributed by atoms with van der Waals surface area (Å²) >= 11 is 3.84. The van der Waals surface area contributed by atoms with E-state index in [1.165, 1.54) is 38.5 Å². The summed E-state index contributed by atoms with van der Waals surface area (Å²) in [6, 6.07) is 0. The molecule has 0 saturated carbocycles. The standard InChI is InChI=1S/C10H22S.BF4/c1-4-6-8-10(3,11)9-7-5-2;2-1(3,4)5/h11H,4-9H2,1-3H3;/q;-1/p+1. The van der Waals surface area contributed by atoms with Gasteiger partial charge in [0.25, 0.3) is 0 Å². The highest BCUT2D eigenvalue weighted by Crippen LogP contribution is 2.21. The third kappa shape index (κ3) is 23.7. The average Bonchev–Trinajstić information content (AvgIpc) is 2.09. The molecule has 0 bridgehead atoms. The third-order valence-corrected chi connectivity index (χ3v) is 2.66. The van der Waals surface area contributed by atoms with Crippen LogP contribution in [0, 0.1) is 0 Å². The summed E-state index contributed by atoms with van der Waals surface area (Å²) in [5.41, 5.74) is 0. The molecule has 0 saturated heterocycles. The Morgan fingerprint density at radius 3 is 1.38 bits per heavy atom. The smallest absolute Gasteiger partial charge is 0.418 e. The van der Waals surface area contributed by atoms with Gasteiger partial charge in [0, 0.05) is 0 Å². The molecule has 0 amide bonds. The number of halogens is 4. The van der Waals surface area contributed by atoms with Gasteiger partial charge in [0.2, 0.25) is 0 Å². The minimum atomic E-state index is -6.00. The molecule has 0 fully saturated rings. The molecule has 0 radical (unpaired) electrons. The first-order valence-corrected chi connectivity index (χ1v) is 6.24. The van der Waals surface area contributed by atoms with Crippen LogP contribution >= 0.6 is 0 Å². The molecule has 6 heteroatoms. The number of hydrogen-bond acceptors (Lipinski definition) is 0. The molecule has 0 aromatic carbocycles. The van der Waals surface area contributed by atoms with Crippen LogP contribution in [0.15, 0.2) is 0 Å². The van der Waals surface area contributed by atoms with Crippen molar-refractivity contribution in [1.29, 1.82) is 0 Å². The summed E-state index contributed by atoms with van der Waals surface area (Å²) < 4.78 is 39.4. The van der Waals surface area contributed by atoms with Crippen LogP contribution in [0.4, 0.5) is 17.3 Å². The van der Waals surface area contributed by atoms with Crippen LogP contribution in [0.1, 0.15) is 59.3 Å². The molecular formula is C10H23BF4S. The zero-order chi connectivity index (χ0) is 13.2. The predicted molar refractivity (Wildman–Crippen MR) is 67.8 cm³/mol. The predicted octanol–water partition coefficient (Wildman–Crippen LogP) is 4.44. The molecule has 0 aliphatic heterocycles. The SMILES string of the molecule is CCCCC(C)([SH2+])CCCC.F[B-](F)(F)F.